The summed E-state index contributed by atoms with van der Waals surface area (Å²) >= 11 is 0. The van der Waals surface area contributed by atoms with Crippen LogP contribution in [0.1, 0.15) is 45.4 Å². The standard InChI is InChI=1S/C22H29NO3/c1-2-3-4-5-9-15-22(24)23-19-11-10-14-21(18-19)26-17-16-25-20-12-7-6-8-13-20/h6-8,10-14,18H,2-5,9,15-17H2,1H3,(H,23,24). The molecule has 2 aromatic rings. The molecule has 0 spiro atoms. The summed E-state index contributed by atoms with van der Waals surface area (Å²) in [6.07, 6.45) is 6.30. The number of ether oxygens (including phenoxy) is 2. The van der Waals surface area contributed by atoms with E-state index >= 15 is 0 Å². The molecule has 0 atom stereocenters. The molecule has 0 bridgehead atoms. The summed E-state index contributed by atoms with van der Waals surface area (Å²) < 4.78 is 11.3. The fourth-order valence-electron chi connectivity index (χ4n) is 2.61. The minimum Gasteiger partial charge on any atom is -0.490 e. The van der Waals surface area contributed by atoms with Gasteiger partial charge in [-0.05, 0) is 30.7 Å². The van der Waals surface area contributed by atoms with E-state index < -0.39 is 0 Å². The normalized spacial score (nSPS) is 10.3. The number of anilines is 1. The lowest BCUT2D eigenvalue weighted by atomic mass is 10.1. The number of hydrogen-bond acceptors (Lipinski definition) is 3. The first kappa shape index (κ1) is 19.8. The van der Waals surface area contributed by atoms with Crippen molar-refractivity contribution in [2.45, 2.75) is 45.4 Å². The van der Waals surface area contributed by atoms with Crippen molar-refractivity contribution in [3.63, 3.8) is 0 Å². The molecule has 26 heavy (non-hydrogen) atoms. The monoisotopic (exact) mass is 355 g/mol. The highest BCUT2D eigenvalue weighted by Gasteiger charge is 2.04. The summed E-state index contributed by atoms with van der Waals surface area (Å²) in [5, 5.41) is 2.94. The van der Waals surface area contributed by atoms with Gasteiger partial charge < -0.3 is 14.8 Å². The molecule has 0 saturated heterocycles. The highest BCUT2D eigenvalue weighted by molar-refractivity contribution is 5.90. The smallest absolute Gasteiger partial charge is 0.224 e. The van der Waals surface area contributed by atoms with Crippen LogP contribution in [0.3, 0.4) is 0 Å². The van der Waals surface area contributed by atoms with Crippen molar-refractivity contribution in [2.75, 3.05) is 18.5 Å². The number of rotatable bonds is 12. The Morgan fingerprint density at radius 3 is 2.31 bits per heavy atom. The highest BCUT2D eigenvalue weighted by Crippen LogP contribution is 2.18. The molecule has 4 nitrogen and oxygen atoms in total. The van der Waals surface area contributed by atoms with Gasteiger partial charge in [0.15, 0.2) is 0 Å². The average molecular weight is 355 g/mol. The van der Waals surface area contributed by atoms with Crippen molar-refractivity contribution in [3.8, 4) is 11.5 Å². The van der Waals surface area contributed by atoms with Crippen LogP contribution >= 0.6 is 0 Å². The molecule has 2 aromatic carbocycles. The number of benzene rings is 2. The van der Waals surface area contributed by atoms with Gasteiger partial charge in [-0.1, -0.05) is 56.9 Å². The summed E-state index contributed by atoms with van der Waals surface area (Å²) in [7, 11) is 0. The lowest BCUT2D eigenvalue weighted by molar-refractivity contribution is -0.116. The zero-order valence-electron chi connectivity index (χ0n) is 15.6. The van der Waals surface area contributed by atoms with Crippen LogP contribution in [0.2, 0.25) is 0 Å². The molecule has 0 aliphatic heterocycles. The predicted octanol–water partition coefficient (Wildman–Crippen LogP) is 5.44. The fraction of sp³-hybridized carbons (Fsp3) is 0.409. The molecule has 1 N–H and O–H groups in total. The summed E-state index contributed by atoms with van der Waals surface area (Å²) in [6.45, 7) is 3.11. The average Bonchev–Trinajstić information content (AvgIpc) is 2.66. The van der Waals surface area contributed by atoms with Crippen molar-refractivity contribution in [3.05, 3.63) is 54.6 Å². The van der Waals surface area contributed by atoms with Crippen LogP contribution in [0.5, 0.6) is 11.5 Å². The molecule has 0 unspecified atom stereocenters. The van der Waals surface area contributed by atoms with Gasteiger partial charge in [-0.15, -0.1) is 0 Å². The number of nitrogens with one attached hydrogen (secondary N) is 1. The molecule has 0 aliphatic carbocycles. The van der Waals surface area contributed by atoms with Gasteiger partial charge in [0.1, 0.15) is 24.7 Å². The molecule has 4 heteroatoms. The zero-order chi connectivity index (χ0) is 18.5. The quantitative estimate of drug-likeness (QED) is 0.515. The van der Waals surface area contributed by atoms with E-state index in [4.69, 9.17) is 9.47 Å². The van der Waals surface area contributed by atoms with Crippen LogP contribution in [0.15, 0.2) is 54.6 Å². The van der Waals surface area contributed by atoms with Crippen LogP contribution in [-0.4, -0.2) is 19.1 Å². The van der Waals surface area contributed by atoms with Crippen molar-refractivity contribution < 1.29 is 14.3 Å². The van der Waals surface area contributed by atoms with E-state index in [9.17, 15) is 4.79 Å². The topological polar surface area (TPSA) is 47.6 Å². The van der Waals surface area contributed by atoms with Crippen LogP contribution in [0, 0.1) is 0 Å². The molecular formula is C22H29NO3. The number of amides is 1. The molecule has 140 valence electrons. The van der Waals surface area contributed by atoms with Crippen LogP contribution in [0.4, 0.5) is 5.69 Å². The molecule has 2 rings (SSSR count). The van der Waals surface area contributed by atoms with Crippen molar-refractivity contribution >= 4 is 11.6 Å². The lowest BCUT2D eigenvalue weighted by Crippen LogP contribution is -2.12. The predicted molar refractivity (Wildman–Crippen MR) is 106 cm³/mol. The third kappa shape index (κ3) is 8.06. The SMILES string of the molecule is CCCCCCCC(=O)Nc1cccc(OCCOc2ccccc2)c1. The summed E-state index contributed by atoms with van der Waals surface area (Å²) in [4.78, 5) is 12.0. The van der Waals surface area contributed by atoms with E-state index in [0.29, 0.717) is 19.6 Å². The summed E-state index contributed by atoms with van der Waals surface area (Å²) in [5.41, 5.74) is 0.769. The minimum absolute atomic E-state index is 0.0612. The van der Waals surface area contributed by atoms with Gasteiger partial charge in [0, 0.05) is 18.2 Å². The number of carbonyl (C=O) groups is 1. The van der Waals surface area contributed by atoms with Crippen molar-refractivity contribution in [1.82, 2.24) is 0 Å². The number of carbonyl (C=O) groups excluding carboxylic acids is 1. The van der Waals surface area contributed by atoms with Crippen LogP contribution in [-0.2, 0) is 4.79 Å². The highest BCUT2D eigenvalue weighted by atomic mass is 16.5. The van der Waals surface area contributed by atoms with Crippen LogP contribution in [0.25, 0.3) is 0 Å². The summed E-state index contributed by atoms with van der Waals surface area (Å²) in [5.74, 6) is 1.62. The van der Waals surface area contributed by atoms with Gasteiger partial charge in [0.25, 0.3) is 0 Å². The maximum Gasteiger partial charge on any atom is 0.224 e. The Hall–Kier alpha value is -2.49. The van der Waals surface area contributed by atoms with E-state index in [2.05, 4.69) is 12.2 Å². The second-order valence-electron chi connectivity index (χ2n) is 6.25. The van der Waals surface area contributed by atoms with Gasteiger partial charge in [-0.3, -0.25) is 4.79 Å². The van der Waals surface area contributed by atoms with Gasteiger partial charge in [-0.25, -0.2) is 0 Å². The Labute approximate surface area is 156 Å². The third-order valence-corrected chi connectivity index (χ3v) is 3.99. The van der Waals surface area contributed by atoms with E-state index in [1.54, 1.807) is 0 Å². The Bertz CT molecular complexity index is 643. The number of unbranched alkanes of at least 4 members (excludes halogenated alkanes) is 4. The Morgan fingerprint density at radius 2 is 1.54 bits per heavy atom. The van der Waals surface area contributed by atoms with E-state index in [1.807, 2.05) is 54.6 Å². The zero-order valence-corrected chi connectivity index (χ0v) is 15.6. The Kier molecular flexibility index (Phi) is 9.12. The van der Waals surface area contributed by atoms with Crippen molar-refractivity contribution in [2.24, 2.45) is 0 Å². The fourth-order valence-corrected chi connectivity index (χ4v) is 2.61. The number of hydrogen-bond donors (Lipinski definition) is 1. The second-order valence-corrected chi connectivity index (χ2v) is 6.25. The van der Waals surface area contributed by atoms with E-state index in [-0.39, 0.29) is 5.91 Å². The Morgan fingerprint density at radius 1 is 0.846 bits per heavy atom. The largest absolute Gasteiger partial charge is 0.490 e. The first-order chi connectivity index (χ1) is 12.8. The molecule has 0 fully saturated rings. The molecule has 1 amide bonds. The van der Waals surface area contributed by atoms with E-state index in [0.717, 1.165) is 30.0 Å². The molecule has 0 radical (unpaired) electrons. The Balaban J connectivity index is 1.67. The molecular weight excluding hydrogens is 326 g/mol. The molecule has 0 heterocycles. The maximum atomic E-state index is 12.0. The number of para-hydroxylation sites is 1. The molecule has 0 saturated carbocycles. The van der Waals surface area contributed by atoms with Gasteiger partial charge in [0.2, 0.25) is 5.91 Å². The molecule has 0 aliphatic rings. The summed E-state index contributed by atoms with van der Waals surface area (Å²) in [6, 6.07) is 17.1. The molecule has 0 aromatic heterocycles. The van der Waals surface area contributed by atoms with Gasteiger partial charge in [-0.2, -0.15) is 0 Å². The maximum absolute atomic E-state index is 12.0. The van der Waals surface area contributed by atoms with Gasteiger partial charge in [0.05, 0.1) is 0 Å². The van der Waals surface area contributed by atoms with Gasteiger partial charge >= 0.3 is 0 Å². The first-order valence-corrected chi connectivity index (χ1v) is 9.48. The lowest BCUT2D eigenvalue weighted by Gasteiger charge is -2.10. The van der Waals surface area contributed by atoms with E-state index in [1.165, 1.54) is 19.3 Å². The third-order valence-electron chi connectivity index (χ3n) is 3.99. The van der Waals surface area contributed by atoms with Crippen molar-refractivity contribution in [1.29, 1.82) is 0 Å². The first-order valence-electron chi connectivity index (χ1n) is 9.48. The minimum atomic E-state index is 0.0612. The van der Waals surface area contributed by atoms with Crippen LogP contribution < -0.4 is 14.8 Å². The second kappa shape index (κ2) is 12.0.